The van der Waals surface area contributed by atoms with E-state index in [-0.39, 0.29) is 29.7 Å². The molecule has 2 unspecified atom stereocenters. The topological polar surface area (TPSA) is 24.5 Å². The second-order valence-electron chi connectivity index (χ2n) is 9.13. The van der Waals surface area contributed by atoms with Crippen molar-refractivity contribution in [2.45, 2.75) is 31.7 Å². The van der Waals surface area contributed by atoms with E-state index < -0.39 is 29.5 Å². The average molecular weight is 513 g/mol. The Labute approximate surface area is 211 Å². The summed E-state index contributed by atoms with van der Waals surface area (Å²) in [6.07, 6.45) is -4.66. The van der Waals surface area contributed by atoms with Gasteiger partial charge in [0.2, 0.25) is 0 Å². The Morgan fingerprint density at radius 1 is 0.946 bits per heavy atom. The van der Waals surface area contributed by atoms with Gasteiger partial charge in [-0.05, 0) is 66.6 Å². The van der Waals surface area contributed by atoms with Gasteiger partial charge in [-0.25, -0.2) is 8.78 Å². The van der Waals surface area contributed by atoms with Crippen molar-refractivity contribution in [2.75, 3.05) is 18.0 Å². The zero-order valence-electron chi connectivity index (χ0n) is 20.0. The van der Waals surface area contributed by atoms with Crippen LogP contribution in [0.2, 0.25) is 0 Å². The van der Waals surface area contributed by atoms with E-state index in [1.807, 2.05) is 18.2 Å². The summed E-state index contributed by atoms with van der Waals surface area (Å²) in [5.41, 5.74) is 0.00981. The minimum Gasteiger partial charge on any atom is -0.486 e. The average Bonchev–Trinajstić information content (AvgIpc) is 2.87. The second kappa shape index (κ2) is 10.0. The molecule has 2 atom stereocenters. The van der Waals surface area contributed by atoms with Crippen molar-refractivity contribution in [3.05, 3.63) is 102 Å². The van der Waals surface area contributed by atoms with E-state index in [0.29, 0.717) is 19.0 Å². The first-order valence-corrected chi connectivity index (χ1v) is 12.0. The maximum atomic E-state index is 14.8. The molecule has 0 amide bonds. The van der Waals surface area contributed by atoms with Gasteiger partial charge in [0.1, 0.15) is 23.4 Å². The van der Waals surface area contributed by atoms with Gasteiger partial charge in [-0.3, -0.25) is 0 Å². The zero-order valence-corrected chi connectivity index (χ0v) is 20.0. The normalized spacial score (nSPS) is 16.4. The van der Waals surface area contributed by atoms with Gasteiger partial charge >= 0.3 is 6.18 Å². The Kier molecular flexibility index (Phi) is 6.77. The van der Waals surface area contributed by atoms with Crippen LogP contribution in [0.3, 0.4) is 0 Å². The van der Waals surface area contributed by atoms with Crippen LogP contribution in [0.4, 0.5) is 33.3 Å². The molecule has 1 aliphatic rings. The van der Waals surface area contributed by atoms with Crippen LogP contribution in [0.15, 0.2) is 78.9 Å². The number of rotatable bonds is 6. The van der Waals surface area contributed by atoms with Gasteiger partial charge in [0.05, 0.1) is 12.1 Å². The first-order valence-electron chi connectivity index (χ1n) is 12.0. The highest BCUT2D eigenvalue weighted by Gasteiger charge is 2.35. The highest BCUT2D eigenvalue weighted by atomic mass is 19.4. The zero-order chi connectivity index (χ0) is 26.2. The second-order valence-corrected chi connectivity index (χ2v) is 9.13. The lowest BCUT2D eigenvalue weighted by Crippen LogP contribution is -2.39. The summed E-state index contributed by atoms with van der Waals surface area (Å²) in [5, 5.41) is 5.82. The number of ether oxygens (including phenoxy) is 1. The van der Waals surface area contributed by atoms with Crippen LogP contribution in [0.25, 0.3) is 10.8 Å². The molecule has 1 N–H and O–H groups in total. The maximum Gasteiger partial charge on any atom is 0.419 e. The van der Waals surface area contributed by atoms with Crippen molar-refractivity contribution in [2.24, 2.45) is 0 Å². The predicted molar refractivity (Wildman–Crippen MR) is 134 cm³/mol. The molecule has 0 bridgehead atoms. The van der Waals surface area contributed by atoms with Gasteiger partial charge in [-0.2, -0.15) is 13.2 Å². The number of benzene rings is 4. The first-order chi connectivity index (χ1) is 17.7. The summed E-state index contributed by atoms with van der Waals surface area (Å²) in [7, 11) is 0. The van der Waals surface area contributed by atoms with E-state index in [4.69, 9.17) is 4.74 Å². The van der Waals surface area contributed by atoms with Gasteiger partial charge in [0.25, 0.3) is 0 Å². The lowest BCUT2D eigenvalue weighted by atomic mass is 9.99. The minimum atomic E-state index is -4.81. The van der Waals surface area contributed by atoms with Gasteiger partial charge in [0.15, 0.2) is 5.82 Å². The third-order valence-corrected chi connectivity index (χ3v) is 6.68. The Bertz CT molecular complexity index is 1420. The molecule has 5 rings (SSSR count). The van der Waals surface area contributed by atoms with E-state index in [9.17, 15) is 22.0 Å². The van der Waals surface area contributed by atoms with Crippen LogP contribution in [-0.4, -0.2) is 19.2 Å². The largest absolute Gasteiger partial charge is 0.486 e. The monoisotopic (exact) mass is 512 g/mol. The van der Waals surface area contributed by atoms with Gasteiger partial charge in [0, 0.05) is 11.7 Å². The number of fused-ring (bicyclic) bond motifs is 2. The molecule has 0 fully saturated rings. The molecular weight excluding hydrogens is 487 g/mol. The number of hydrogen-bond acceptors (Lipinski definition) is 3. The van der Waals surface area contributed by atoms with Crippen molar-refractivity contribution in [1.29, 1.82) is 0 Å². The number of para-hydroxylation sites is 1. The fraction of sp³-hybridized carbons (Fsp3) is 0.241. The molecular formula is C29H25F5N2O. The molecule has 0 radical (unpaired) electrons. The van der Waals surface area contributed by atoms with Crippen molar-refractivity contribution in [3.63, 3.8) is 0 Å². The van der Waals surface area contributed by atoms with Crippen LogP contribution in [-0.2, 0) is 6.18 Å². The van der Waals surface area contributed by atoms with E-state index in [0.717, 1.165) is 23.1 Å². The van der Waals surface area contributed by atoms with E-state index in [2.05, 4.69) is 36.5 Å². The van der Waals surface area contributed by atoms with Crippen LogP contribution < -0.4 is 15.0 Å². The fourth-order valence-corrected chi connectivity index (χ4v) is 4.85. The molecule has 192 valence electrons. The highest BCUT2D eigenvalue weighted by Crippen LogP contribution is 2.42. The summed E-state index contributed by atoms with van der Waals surface area (Å²) in [4.78, 5) is 1.48. The molecule has 0 saturated heterocycles. The van der Waals surface area contributed by atoms with Crippen LogP contribution in [0.1, 0.15) is 30.5 Å². The molecule has 0 saturated carbocycles. The van der Waals surface area contributed by atoms with Crippen molar-refractivity contribution in [3.8, 4) is 5.75 Å². The quantitative estimate of drug-likeness (QED) is 0.267. The molecule has 1 heterocycles. The first kappa shape index (κ1) is 25.0. The number of halogens is 5. The standard InChI is InChI=1S/C29H25F5N2O/c1-18(22-9-4-7-19-6-2-3-8-23(19)22)35-15-14-21-17-36(28-25(30)10-5-11-27(28)37-21)20-12-13-24(26(31)16-20)29(32,33)34/h2-13,16,18,21,35H,14-15,17H2,1H3. The number of hydrogen-bond donors (Lipinski definition) is 1. The smallest absolute Gasteiger partial charge is 0.419 e. The van der Waals surface area contributed by atoms with Crippen LogP contribution >= 0.6 is 0 Å². The Morgan fingerprint density at radius 2 is 1.70 bits per heavy atom. The molecule has 37 heavy (non-hydrogen) atoms. The SMILES string of the molecule is CC(NCCC1CN(c2ccc(C(F)(F)F)c(F)c2)c2c(F)cccc2O1)c1cccc2ccccc12. The van der Waals surface area contributed by atoms with E-state index in [1.165, 1.54) is 22.4 Å². The Balaban J connectivity index is 1.34. The Morgan fingerprint density at radius 3 is 2.49 bits per heavy atom. The number of anilines is 2. The lowest BCUT2D eigenvalue weighted by Gasteiger charge is -2.37. The third-order valence-electron chi connectivity index (χ3n) is 6.68. The maximum absolute atomic E-state index is 14.8. The molecule has 4 aromatic rings. The van der Waals surface area contributed by atoms with Crippen molar-refractivity contribution < 1.29 is 26.7 Å². The summed E-state index contributed by atoms with van der Waals surface area (Å²) in [6, 6.07) is 21.4. The number of nitrogens with one attached hydrogen (secondary N) is 1. The fourth-order valence-electron chi connectivity index (χ4n) is 4.85. The van der Waals surface area contributed by atoms with E-state index >= 15 is 0 Å². The molecule has 8 heteroatoms. The Hall–Kier alpha value is -3.65. The minimum absolute atomic E-state index is 0.0551. The highest BCUT2D eigenvalue weighted by molar-refractivity contribution is 5.86. The number of nitrogens with zero attached hydrogens (tertiary/aromatic N) is 1. The third kappa shape index (κ3) is 5.11. The van der Waals surface area contributed by atoms with E-state index in [1.54, 1.807) is 6.07 Å². The molecule has 0 spiro atoms. The molecule has 0 aromatic heterocycles. The summed E-state index contributed by atoms with van der Waals surface area (Å²) in [6.45, 7) is 2.81. The molecule has 0 aliphatic carbocycles. The van der Waals surface area contributed by atoms with Crippen LogP contribution in [0, 0.1) is 11.6 Å². The number of alkyl halides is 3. The summed E-state index contributed by atoms with van der Waals surface area (Å²) >= 11 is 0. The molecule has 1 aliphatic heterocycles. The van der Waals surface area contributed by atoms with Crippen LogP contribution in [0.5, 0.6) is 5.75 Å². The van der Waals surface area contributed by atoms with Gasteiger partial charge in [-0.1, -0.05) is 48.5 Å². The predicted octanol–water partition coefficient (Wildman–Crippen LogP) is 7.78. The van der Waals surface area contributed by atoms with Gasteiger partial charge < -0.3 is 15.0 Å². The lowest BCUT2D eigenvalue weighted by molar-refractivity contribution is -0.139. The summed E-state index contributed by atoms with van der Waals surface area (Å²) in [5.74, 6) is -1.74. The molecule has 3 nitrogen and oxygen atoms in total. The molecule has 4 aromatic carbocycles. The summed E-state index contributed by atoms with van der Waals surface area (Å²) < 4.78 is 74.3. The van der Waals surface area contributed by atoms with Crippen molar-refractivity contribution >= 4 is 22.1 Å². The van der Waals surface area contributed by atoms with Crippen molar-refractivity contribution in [1.82, 2.24) is 5.32 Å². The van der Waals surface area contributed by atoms with Gasteiger partial charge in [-0.15, -0.1) is 0 Å².